The Balaban J connectivity index is 1.80. The Kier molecular flexibility index (Phi) is 3.52. The molecule has 1 heterocycles. The minimum absolute atomic E-state index is 0.151. The Labute approximate surface area is 124 Å². The van der Waals surface area contributed by atoms with E-state index in [2.05, 4.69) is 24.8 Å². The minimum atomic E-state index is 0.151. The van der Waals surface area contributed by atoms with Gasteiger partial charge in [-0.05, 0) is 30.5 Å². The second kappa shape index (κ2) is 5.02. The molecule has 1 aromatic rings. The molecule has 0 spiro atoms. The Morgan fingerprint density at radius 3 is 2.47 bits per heavy atom. The molecule has 0 bridgehead atoms. The van der Waals surface area contributed by atoms with Crippen molar-refractivity contribution in [2.24, 2.45) is 0 Å². The van der Waals surface area contributed by atoms with Crippen LogP contribution in [-0.2, 0) is 10.2 Å². The van der Waals surface area contributed by atoms with Crippen molar-refractivity contribution >= 4 is 30.1 Å². The van der Waals surface area contributed by atoms with Gasteiger partial charge < -0.3 is 4.90 Å². The summed E-state index contributed by atoms with van der Waals surface area (Å²) in [6, 6.07) is 8.12. The van der Waals surface area contributed by atoms with Crippen molar-refractivity contribution in [1.82, 2.24) is 4.90 Å². The number of hydrogen-bond donors (Lipinski definition) is 1. The average molecular weight is 296 g/mol. The first-order valence-corrected chi connectivity index (χ1v) is 7.70. The van der Waals surface area contributed by atoms with Crippen molar-refractivity contribution in [1.29, 1.82) is 0 Å². The molecule has 1 amide bonds. The summed E-state index contributed by atoms with van der Waals surface area (Å²) in [7, 11) is 0. The van der Waals surface area contributed by atoms with E-state index in [1.807, 2.05) is 17.0 Å². The molecule has 0 aromatic heterocycles. The maximum Gasteiger partial charge on any atom is 0.223 e. The van der Waals surface area contributed by atoms with Gasteiger partial charge in [-0.15, -0.1) is 0 Å². The second-order valence-electron chi connectivity index (χ2n) is 5.77. The molecule has 102 valence electrons. The van der Waals surface area contributed by atoms with Crippen LogP contribution in [0.15, 0.2) is 24.3 Å². The number of thiol groups is 1. The van der Waals surface area contributed by atoms with E-state index < -0.39 is 0 Å². The Hall–Kier alpha value is -0.670. The Morgan fingerprint density at radius 1 is 1.32 bits per heavy atom. The Bertz CT molecular complexity index is 483. The highest BCUT2D eigenvalue weighted by Crippen LogP contribution is 2.45. The van der Waals surface area contributed by atoms with Crippen LogP contribution in [0.1, 0.15) is 31.2 Å². The van der Waals surface area contributed by atoms with Crippen LogP contribution in [0, 0.1) is 0 Å². The molecular weight excluding hydrogens is 278 g/mol. The van der Waals surface area contributed by atoms with Crippen LogP contribution >= 0.6 is 24.2 Å². The fourth-order valence-corrected chi connectivity index (χ4v) is 3.69. The Morgan fingerprint density at radius 2 is 2.00 bits per heavy atom. The van der Waals surface area contributed by atoms with Crippen molar-refractivity contribution in [3.63, 3.8) is 0 Å². The molecule has 2 fully saturated rings. The van der Waals surface area contributed by atoms with Gasteiger partial charge in [-0.1, -0.05) is 30.2 Å². The number of carbonyl (C=O) groups is 1. The SMILES string of the molecule is O=C1CC(S)CN1CC1(c2ccc(Cl)cc2)CCC1. The van der Waals surface area contributed by atoms with Crippen molar-refractivity contribution in [3.05, 3.63) is 34.9 Å². The number of benzene rings is 1. The third kappa shape index (κ3) is 2.50. The zero-order chi connectivity index (χ0) is 13.5. The first-order valence-electron chi connectivity index (χ1n) is 6.81. The predicted octanol–water partition coefficient (Wildman–Crippen LogP) is 3.29. The van der Waals surface area contributed by atoms with E-state index in [9.17, 15) is 4.79 Å². The van der Waals surface area contributed by atoms with Gasteiger partial charge in [0.1, 0.15) is 0 Å². The molecule has 1 atom stereocenters. The number of carbonyl (C=O) groups excluding carboxylic acids is 1. The number of nitrogens with zero attached hydrogens (tertiary/aromatic N) is 1. The normalized spacial score (nSPS) is 25.5. The number of hydrogen-bond acceptors (Lipinski definition) is 2. The molecule has 2 nitrogen and oxygen atoms in total. The van der Waals surface area contributed by atoms with E-state index in [0.717, 1.165) is 31.0 Å². The van der Waals surface area contributed by atoms with E-state index in [1.165, 1.54) is 12.0 Å². The van der Waals surface area contributed by atoms with Crippen molar-refractivity contribution in [2.45, 2.75) is 36.3 Å². The molecule has 1 aliphatic heterocycles. The molecule has 1 unspecified atom stereocenters. The summed E-state index contributed by atoms with van der Waals surface area (Å²) < 4.78 is 0. The van der Waals surface area contributed by atoms with E-state index in [1.54, 1.807) is 0 Å². The van der Waals surface area contributed by atoms with Crippen LogP contribution < -0.4 is 0 Å². The minimum Gasteiger partial charge on any atom is -0.341 e. The van der Waals surface area contributed by atoms with E-state index in [-0.39, 0.29) is 16.6 Å². The largest absolute Gasteiger partial charge is 0.341 e. The van der Waals surface area contributed by atoms with E-state index in [0.29, 0.717) is 6.42 Å². The van der Waals surface area contributed by atoms with Crippen LogP contribution in [0.5, 0.6) is 0 Å². The first kappa shape index (κ1) is 13.3. The quantitative estimate of drug-likeness (QED) is 0.849. The van der Waals surface area contributed by atoms with Gasteiger partial charge in [-0.3, -0.25) is 4.79 Å². The fraction of sp³-hybridized carbons (Fsp3) is 0.533. The fourth-order valence-electron chi connectivity index (χ4n) is 3.21. The van der Waals surface area contributed by atoms with Crippen LogP contribution in [0.4, 0.5) is 0 Å². The number of halogens is 1. The van der Waals surface area contributed by atoms with Crippen LogP contribution in [0.25, 0.3) is 0 Å². The van der Waals surface area contributed by atoms with Gasteiger partial charge in [0.05, 0.1) is 0 Å². The van der Waals surface area contributed by atoms with Gasteiger partial charge in [0, 0.05) is 35.2 Å². The van der Waals surface area contributed by atoms with Crippen molar-refractivity contribution < 1.29 is 4.79 Å². The summed E-state index contributed by atoms with van der Waals surface area (Å²) in [4.78, 5) is 13.9. The van der Waals surface area contributed by atoms with Crippen LogP contribution in [-0.4, -0.2) is 29.1 Å². The summed E-state index contributed by atoms with van der Waals surface area (Å²) in [6.07, 6.45) is 4.15. The third-order valence-electron chi connectivity index (χ3n) is 4.45. The highest BCUT2D eigenvalue weighted by molar-refractivity contribution is 7.81. The lowest BCUT2D eigenvalue weighted by molar-refractivity contribution is -0.128. The monoisotopic (exact) mass is 295 g/mol. The summed E-state index contributed by atoms with van der Waals surface area (Å²) >= 11 is 10.4. The molecule has 1 saturated carbocycles. The van der Waals surface area contributed by atoms with Gasteiger partial charge in [0.2, 0.25) is 5.91 Å². The lowest BCUT2D eigenvalue weighted by atomic mass is 9.64. The standard InChI is InChI=1S/C15H18ClNOS/c16-12-4-2-11(3-5-12)15(6-1-7-15)10-17-9-13(19)8-14(17)18/h2-5,13,19H,1,6-10H2. The highest BCUT2D eigenvalue weighted by Gasteiger charge is 2.42. The van der Waals surface area contributed by atoms with Gasteiger partial charge in [-0.2, -0.15) is 12.6 Å². The molecular formula is C15H18ClNOS. The summed E-state index contributed by atoms with van der Waals surface area (Å²) in [5.74, 6) is 0.250. The number of rotatable bonds is 3. The van der Waals surface area contributed by atoms with Crippen molar-refractivity contribution in [3.8, 4) is 0 Å². The van der Waals surface area contributed by atoms with Gasteiger partial charge in [-0.25, -0.2) is 0 Å². The third-order valence-corrected chi connectivity index (χ3v) is 5.05. The molecule has 0 radical (unpaired) electrons. The topological polar surface area (TPSA) is 20.3 Å². The van der Waals surface area contributed by atoms with Crippen molar-refractivity contribution in [2.75, 3.05) is 13.1 Å². The summed E-state index contributed by atoms with van der Waals surface area (Å²) in [5.41, 5.74) is 1.47. The van der Waals surface area contributed by atoms with Gasteiger partial charge in [0.15, 0.2) is 0 Å². The first-order chi connectivity index (χ1) is 9.09. The van der Waals surface area contributed by atoms with Crippen LogP contribution in [0.3, 0.4) is 0 Å². The van der Waals surface area contributed by atoms with E-state index >= 15 is 0 Å². The molecule has 3 rings (SSSR count). The zero-order valence-electron chi connectivity index (χ0n) is 10.8. The maximum atomic E-state index is 11.9. The van der Waals surface area contributed by atoms with E-state index in [4.69, 9.17) is 11.6 Å². The molecule has 0 N–H and O–H groups in total. The van der Waals surface area contributed by atoms with Crippen LogP contribution in [0.2, 0.25) is 5.02 Å². The molecule has 1 saturated heterocycles. The lowest BCUT2D eigenvalue weighted by Gasteiger charge is -2.45. The van der Waals surface area contributed by atoms with Gasteiger partial charge in [0.25, 0.3) is 0 Å². The average Bonchev–Trinajstić information content (AvgIpc) is 2.64. The lowest BCUT2D eigenvalue weighted by Crippen LogP contribution is -2.46. The molecule has 19 heavy (non-hydrogen) atoms. The highest BCUT2D eigenvalue weighted by atomic mass is 35.5. The maximum absolute atomic E-state index is 11.9. The van der Waals surface area contributed by atoms with Gasteiger partial charge >= 0.3 is 0 Å². The molecule has 1 aromatic carbocycles. The number of amides is 1. The zero-order valence-corrected chi connectivity index (χ0v) is 12.5. The predicted molar refractivity (Wildman–Crippen MR) is 81.0 cm³/mol. The second-order valence-corrected chi connectivity index (χ2v) is 6.94. The smallest absolute Gasteiger partial charge is 0.223 e. The summed E-state index contributed by atoms with van der Waals surface area (Å²) in [5, 5.41) is 0.973. The number of likely N-dealkylation sites (tertiary alicyclic amines) is 1. The molecule has 2 aliphatic rings. The molecule has 4 heteroatoms. The summed E-state index contributed by atoms with van der Waals surface area (Å²) in [6.45, 7) is 1.63. The molecule has 1 aliphatic carbocycles.